The zero-order valence-electron chi connectivity index (χ0n) is 14.9. The number of carbonyl (C=O) groups excluding carboxylic acids is 2. The standard InChI is InChI=1S/C20H22ClNO3S/c1-3-9-25-20(24)17-15-8-7-12(2)10-16(15)26-19(17)22-18(23)13-5-4-6-14(21)11-13/h4-6,11-12H,3,7-10H2,1-2H3,(H,22,23)/t12-/m1/s1. The Balaban J connectivity index is 1.92. The van der Waals surface area contributed by atoms with Crippen LogP contribution in [0.25, 0.3) is 0 Å². The highest BCUT2D eigenvalue weighted by Crippen LogP contribution is 2.40. The third-order valence-electron chi connectivity index (χ3n) is 4.47. The molecule has 0 saturated heterocycles. The lowest BCUT2D eigenvalue weighted by molar-refractivity contribution is 0.0505. The van der Waals surface area contributed by atoms with Gasteiger partial charge >= 0.3 is 5.97 Å². The quantitative estimate of drug-likeness (QED) is 0.699. The predicted molar refractivity (Wildman–Crippen MR) is 105 cm³/mol. The first kappa shape index (κ1) is 18.9. The van der Waals surface area contributed by atoms with Crippen LogP contribution in [-0.2, 0) is 17.6 Å². The minimum atomic E-state index is -0.347. The molecule has 26 heavy (non-hydrogen) atoms. The number of amides is 1. The summed E-state index contributed by atoms with van der Waals surface area (Å²) in [5, 5.41) is 3.98. The summed E-state index contributed by atoms with van der Waals surface area (Å²) in [6, 6.07) is 6.76. The Labute approximate surface area is 162 Å². The van der Waals surface area contributed by atoms with E-state index >= 15 is 0 Å². The van der Waals surface area contributed by atoms with Gasteiger partial charge in [-0.3, -0.25) is 4.79 Å². The first-order chi connectivity index (χ1) is 12.5. The molecule has 1 aliphatic rings. The smallest absolute Gasteiger partial charge is 0.341 e. The molecule has 1 aromatic carbocycles. The molecule has 0 unspecified atom stereocenters. The van der Waals surface area contributed by atoms with Gasteiger partial charge in [0, 0.05) is 15.5 Å². The maximum atomic E-state index is 12.6. The molecule has 0 saturated carbocycles. The number of nitrogens with one attached hydrogen (secondary N) is 1. The largest absolute Gasteiger partial charge is 0.462 e. The Morgan fingerprint density at radius 2 is 2.19 bits per heavy atom. The van der Waals surface area contributed by atoms with E-state index < -0.39 is 0 Å². The second kappa shape index (κ2) is 8.23. The van der Waals surface area contributed by atoms with Gasteiger partial charge in [0.25, 0.3) is 5.91 Å². The third kappa shape index (κ3) is 4.10. The second-order valence-corrected chi connectivity index (χ2v) is 8.20. The molecular weight excluding hydrogens is 370 g/mol. The fraction of sp³-hybridized carbons (Fsp3) is 0.400. The number of hydrogen-bond donors (Lipinski definition) is 1. The van der Waals surface area contributed by atoms with E-state index in [1.165, 1.54) is 16.2 Å². The minimum Gasteiger partial charge on any atom is -0.462 e. The highest BCUT2D eigenvalue weighted by Gasteiger charge is 2.29. The number of esters is 1. The molecule has 0 bridgehead atoms. The van der Waals surface area contributed by atoms with Gasteiger partial charge in [-0.05, 0) is 55.4 Å². The van der Waals surface area contributed by atoms with Gasteiger partial charge in [0.05, 0.1) is 12.2 Å². The van der Waals surface area contributed by atoms with E-state index in [4.69, 9.17) is 16.3 Å². The summed E-state index contributed by atoms with van der Waals surface area (Å²) in [6.45, 7) is 4.55. The SMILES string of the molecule is CCCOC(=O)c1c(NC(=O)c2cccc(Cl)c2)sc2c1CC[C@@H](C)C2. The number of rotatable bonds is 5. The maximum Gasteiger partial charge on any atom is 0.341 e. The van der Waals surface area contributed by atoms with Gasteiger partial charge < -0.3 is 10.1 Å². The van der Waals surface area contributed by atoms with E-state index in [0.29, 0.717) is 33.7 Å². The molecule has 0 spiro atoms. The second-order valence-electron chi connectivity index (χ2n) is 6.66. The van der Waals surface area contributed by atoms with Crippen LogP contribution in [-0.4, -0.2) is 18.5 Å². The summed E-state index contributed by atoms with van der Waals surface area (Å²) in [5.74, 6) is -0.0406. The summed E-state index contributed by atoms with van der Waals surface area (Å²) in [5.41, 5.74) is 2.03. The summed E-state index contributed by atoms with van der Waals surface area (Å²) < 4.78 is 5.37. The Bertz CT molecular complexity index is 830. The van der Waals surface area contributed by atoms with E-state index in [1.54, 1.807) is 24.3 Å². The van der Waals surface area contributed by atoms with E-state index in [2.05, 4.69) is 12.2 Å². The molecule has 1 heterocycles. The molecule has 0 aliphatic heterocycles. The first-order valence-corrected chi connectivity index (χ1v) is 10.1. The Hall–Kier alpha value is -1.85. The molecule has 1 N–H and O–H groups in total. The molecule has 0 radical (unpaired) electrons. The molecule has 3 rings (SSSR count). The average Bonchev–Trinajstić information content (AvgIpc) is 2.96. The number of benzene rings is 1. The van der Waals surface area contributed by atoms with Crippen molar-refractivity contribution in [3.05, 3.63) is 50.9 Å². The van der Waals surface area contributed by atoms with Crippen molar-refractivity contribution in [2.45, 2.75) is 39.5 Å². The summed E-state index contributed by atoms with van der Waals surface area (Å²) in [4.78, 5) is 26.4. The zero-order chi connectivity index (χ0) is 18.7. The molecule has 6 heteroatoms. The van der Waals surface area contributed by atoms with E-state index in [9.17, 15) is 9.59 Å². The van der Waals surface area contributed by atoms with Crippen molar-refractivity contribution >= 4 is 39.8 Å². The number of hydrogen-bond acceptors (Lipinski definition) is 4. The summed E-state index contributed by atoms with van der Waals surface area (Å²) >= 11 is 7.47. The van der Waals surface area contributed by atoms with Crippen molar-refractivity contribution in [2.24, 2.45) is 5.92 Å². The van der Waals surface area contributed by atoms with Crippen molar-refractivity contribution < 1.29 is 14.3 Å². The Kier molecular flexibility index (Phi) is 5.99. The molecule has 0 fully saturated rings. The van der Waals surface area contributed by atoms with Crippen LogP contribution in [0, 0.1) is 5.92 Å². The average molecular weight is 392 g/mol. The van der Waals surface area contributed by atoms with E-state index in [0.717, 1.165) is 31.2 Å². The van der Waals surface area contributed by atoms with Gasteiger partial charge in [-0.2, -0.15) is 0 Å². The molecule has 4 nitrogen and oxygen atoms in total. The fourth-order valence-electron chi connectivity index (χ4n) is 3.13. The monoisotopic (exact) mass is 391 g/mol. The third-order valence-corrected chi connectivity index (χ3v) is 5.87. The summed E-state index contributed by atoms with van der Waals surface area (Å²) in [6.07, 6.45) is 3.58. The van der Waals surface area contributed by atoms with Crippen molar-refractivity contribution in [1.82, 2.24) is 0 Å². The number of halogens is 1. The molecule has 1 aliphatic carbocycles. The molecule has 1 atom stereocenters. The van der Waals surface area contributed by atoms with Crippen LogP contribution in [0.3, 0.4) is 0 Å². The lowest BCUT2D eigenvalue weighted by Crippen LogP contribution is -2.17. The van der Waals surface area contributed by atoms with Gasteiger partial charge in [0.2, 0.25) is 0 Å². The molecule has 1 aromatic heterocycles. The van der Waals surface area contributed by atoms with E-state index in [-0.39, 0.29) is 11.9 Å². The van der Waals surface area contributed by atoms with Crippen LogP contribution in [0.1, 0.15) is 57.8 Å². The molecule has 2 aromatic rings. The molecule has 138 valence electrons. The van der Waals surface area contributed by atoms with Crippen LogP contribution in [0.2, 0.25) is 5.02 Å². The zero-order valence-corrected chi connectivity index (χ0v) is 16.5. The maximum absolute atomic E-state index is 12.6. The molecular formula is C20H22ClNO3S. The van der Waals surface area contributed by atoms with Crippen LogP contribution in [0.15, 0.2) is 24.3 Å². The van der Waals surface area contributed by atoms with Crippen molar-refractivity contribution in [3.63, 3.8) is 0 Å². The first-order valence-electron chi connectivity index (χ1n) is 8.88. The lowest BCUT2D eigenvalue weighted by atomic mass is 9.88. The summed E-state index contributed by atoms with van der Waals surface area (Å²) in [7, 11) is 0. The lowest BCUT2D eigenvalue weighted by Gasteiger charge is -2.18. The number of fused-ring (bicyclic) bond motifs is 1. The van der Waals surface area contributed by atoms with Gasteiger partial charge in [0.1, 0.15) is 5.00 Å². The van der Waals surface area contributed by atoms with Gasteiger partial charge in [-0.25, -0.2) is 4.79 Å². The highest BCUT2D eigenvalue weighted by atomic mass is 35.5. The van der Waals surface area contributed by atoms with E-state index in [1.807, 2.05) is 6.92 Å². The van der Waals surface area contributed by atoms with Crippen LogP contribution in [0.5, 0.6) is 0 Å². The van der Waals surface area contributed by atoms with Crippen molar-refractivity contribution in [1.29, 1.82) is 0 Å². The van der Waals surface area contributed by atoms with Crippen molar-refractivity contribution in [3.8, 4) is 0 Å². The van der Waals surface area contributed by atoms with Crippen LogP contribution >= 0.6 is 22.9 Å². The Morgan fingerprint density at radius 3 is 2.92 bits per heavy atom. The molecule has 1 amide bonds. The van der Waals surface area contributed by atoms with Gasteiger partial charge in [-0.1, -0.05) is 31.5 Å². The number of ether oxygens (including phenoxy) is 1. The van der Waals surface area contributed by atoms with Gasteiger partial charge in [-0.15, -0.1) is 11.3 Å². The fourth-order valence-corrected chi connectivity index (χ4v) is 4.71. The van der Waals surface area contributed by atoms with Crippen LogP contribution in [0.4, 0.5) is 5.00 Å². The highest BCUT2D eigenvalue weighted by molar-refractivity contribution is 7.17. The Morgan fingerprint density at radius 1 is 1.38 bits per heavy atom. The predicted octanol–water partition coefficient (Wildman–Crippen LogP) is 5.35. The normalized spacial score (nSPS) is 16.0. The topological polar surface area (TPSA) is 55.4 Å². The number of carbonyl (C=O) groups is 2. The minimum absolute atomic E-state index is 0.274. The van der Waals surface area contributed by atoms with Gasteiger partial charge in [0.15, 0.2) is 0 Å². The number of anilines is 1. The van der Waals surface area contributed by atoms with Crippen LogP contribution < -0.4 is 5.32 Å². The van der Waals surface area contributed by atoms with Crippen molar-refractivity contribution in [2.75, 3.05) is 11.9 Å². The number of thiophene rings is 1.